The van der Waals surface area contributed by atoms with E-state index >= 15 is 0 Å². The van der Waals surface area contributed by atoms with Crippen LogP contribution in [0, 0.1) is 0 Å². The van der Waals surface area contributed by atoms with Crippen molar-refractivity contribution in [1.29, 1.82) is 0 Å². The molecule has 3 rings (SSSR count). The first-order valence-corrected chi connectivity index (χ1v) is 11.1. The lowest BCUT2D eigenvalue weighted by Gasteiger charge is -2.42. The number of ether oxygens (including phenoxy) is 2. The number of thiophene rings is 1. The summed E-state index contributed by atoms with van der Waals surface area (Å²) in [5.41, 5.74) is 0.605. The smallest absolute Gasteiger partial charge is 0.341 e. The number of carbonyl (C=O) groups is 3. The van der Waals surface area contributed by atoms with Gasteiger partial charge in [-0.15, -0.1) is 11.3 Å². The maximum atomic E-state index is 12.8. The molecule has 1 aliphatic heterocycles. The van der Waals surface area contributed by atoms with E-state index < -0.39 is 30.0 Å². The third kappa shape index (κ3) is 5.46. The van der Waals surface area contributed by atoms with Crippen LogP contribution in [0.4, 0.5) is 5.00 Å². The van der Waals surface area contributed by atoms with E-state index in [-0.39, 0.29) is 12.1 Å². The van der Waals surface area contributed by atoms with Crippen molar-refractivity contribution >= 4 is 40.3 Å². The molecule has 1 aliphatic rings. The topological polar surface area (TPSA) is 107 Å². The van der Waals surface area contributed by atoms with Gasteiger partial charge in [-0.25, -0.2) is 9.59 Å². The molecule has 0 saturated carbocycles. The van der Waals surface area contributed by atoms with Gasteiger partial charge in [0.1, 0.15) is 10.8 Å². The van der Waals surface area contributed by atoms with Gasteiger partial charge >= 0.3 is 11.9 Å². The minimum Gasteiger partial charge on any atom is -0.465 e. The Bertz CT molecular complexity index is 1030. The lowest BCUT2D eigenvalue weighted by atomic mass is 9.81. The second-order valence-electron chi connectivity index (χ2n) is 8.65. The third-order valence-electron chi connectivity index (χ3n) is 4.85. The fourth-order valence-electron chi connectivity index (χ4n) is 3.92. The van der Waals surface area contributed by atoms with Crippen molar-refractivity contribution in [2.75, 3.05) is 18.5 Å². The molecule has 0 bridgehead atoms. The van der Waals surface area contributed by atoms with Crippen LogP contribution in [0.15, 0.2) is 28.9 Å². The zero-order chi connectivity index (χ0) is 23.5. The maximum absolute atomic E-state index is 12.8. The van der Waals surface area contributed by atoms with Crippen molar-refractivity contribution < 1.29 is 28.3 Å². The van der Waals surface area contributed by atoms with E-state index in [0.29, 0.717) is 22.7 Å². The predicted octanol–water partition coefficient (Wildman–Crippen LogP) is 3.87. The van der Waals surface area contributed by atoms with Gasteiger partial charge in [0.25, 0.3) is 5.91 Å². The molecule has 0 spiro atoms. The van der Waals surface area contributed by atoms with Crippen LogP contribution in [0.5, 0.6) is 0 Å². The van der Waals surface area contributed by atoms with Gasteiger partial charge in [-0.3, -0.25) is 4.79 Å². The van der Waals surface area contributed by atoms with Gasteiger partial charge in [-0.05, 0) is 64.8 Å². The summed E-state index contributed by atoms with van der Waals surface area (Å²) in [6.45, 7) is 9.69. The van der Waals surface area contributed by atoms with Gasteiger partial charge in [0.05, 0.1) is 18.4 Å². The number of fused-ring (bicyclic) bond motifs is 1. The SMILES string of the molecule is CCOC(=O)c1c(NC(=O)COC(=O)/C=C/c2ccco2)sc2c1CC(C)(C)NC2(C)C. The molecule has 0 radical (unpaired) electrons. The highest BCUT2D eigenvalue weighted by Crippen LogP contribution is 2.45. The van der Waals surface area contributed by atoms with Crippen LogP contribution in [-0.2, 0) is 31.0 Å². The molecule has 0 unspecified atom stereocenters. The molecule has 0 saturated heterocycles. The maximum Gasteiger partial charge on any atom is 0.341 e. The van der Waals surface area contributed by atoms with Crippen molar-refractivity contribution in [1.82, 2.24) is 5.32 Å². The molecule has 3 heterocycles. The van der Waals surface area contributed by atoms with Crippen LogP contribution in [0.2, 0.25) is 0 Å². The highest BCUT2D eigenvalue weighted by atomic mass is 32.1. The van der Waals surface area contributed by atoms with Gasteiger partial charge in [-0.2, -0.15) is 0 Å². The number of rotatable bonds is 7. The van der Waals surface area contributed by atoms with Crippen LogP contribution in [-0.4, -0.2) is 36.6 Å². The zero-order valence-corrected chi connectivity index (χ0v) is 19.7. The first kappa shape index (κ1) is 23.7. The molecule has 8 nitrogen and oxygen atoms in total. The molecule has 32 heavy (non-hydrogen) atoms. The summed E-state index contributed by atoms with van der Waals surface area (Å²) in [4.78, 5) is 38.1. The Labute approximate surface area is 191 Å². The van der Waals surface area contributed by atoms with Crippen LogP contribution in [0.25, 0.3) is 6.08 Å². The van der Waals surface area contributed by atoms with E-state index in [9.17, 15) is 14.4 Å². The zero-order valence-electron chi connectivity index (χ0n) is 18.9. The van der Waals surface area contributed by atoms with Gasteiger partial charge in [0.2, 0.25) is 0 Å². The summed E-state index contributed by atoms with van der Waals surface area (Å²) >= 11 is 1.33. The molecule has 0 aliphatic carbocycles. The summed E-state index contributed by atoms with van der Waals surface area (Å²) in [7, 11) is 0. The number of esters is 2. The van der Waals surface area contributed by atoms with E-state index in [4.69, 9.17) is 13.9 Å². The van der Waals surface area contributed by atoms with E-state index in [1.165, 1.54) is 29.8 Å². The summed E-state index contributed by atoms with van der Waals surface area (Å²) in [5, 5.41) is 6.70. The normalized spacial score (nSPS) is 16.4. The Kier molecular flexibility index (Phi) is 6.90. The van der Waals surface area contributed by atoms with Crippen molar-refractivity contribution in [2.45, 2.75) is 52.1 Å². The monoisotopic (exact) mass is 460 g/mol. The van der Waals surface area contributed by atoms with Gasteiger partial charge in [0, 0.05) is 22.0 Å². The highest BCUT2D eigenvalue weighted by molar-refractivity contribution is 7.17. The fraction of sp³-hybridized carbons (Fsp3) is 0.435. The van der Waals surface area contributed by atoms with Crippen LogP contribution < -0.4 is 10.6 Å². The minimum absolute atomic E-state index is 0.224. The fourth-order valence-corrected chi connectivity index (χ4v) is 5.20. The van der Waals surface area contributed by atoms with Gasteiger partial charge in [0.15, 0.2) is 6.61 Å². The molecule has 0 aromatic carbocycles. The molecule has 0 fully saturated rings. The Morgan fingerprint density at radius 1 is 1.25 bits per heavy atom. The van der Waals surface area contributed by atoms with E-state index in [1.54, 1.807) is 19.1 Å². The quantitative estimate of drug-likeness (QED) is 0.477. The lowest BCUT2D eigenvalue weighted by Crippen LogP contribution is -2.55. The second kappa shape index (κ2) is 9.30. The Morgan fingerprint density at radius 3 is 2.66 bits per heavy atom. The number of carbonyl (C=O) groups excluding carboxylic acids is 3. The van der Waals surface area contributed by atoms with Crippen molar-refractivity contribution in [3.8, 4) is 0 Å². The largest absolute Gasteiger partial charge is 0.465 e. The van der Waals surface area contributed by atoms with Crippen molar-refractivity contribution in [3.63, 3.8) is 0 Å². The lowest BCUT2D eigenvalue weighted by molar-refractivity contribution is -0.142. The Balaban J connectivity index is 1.77. The molecule has 2 aromatic rings. The molecule has 2 N–H and O–H groups in total. The molecule has 0 atom stereocenters. The summed E-state index contributed by atoms with van der Waals surface area (Å²) in [6.07, 6.45) is 4.72. The van der Waals surface area contributed by atoms with E-state index in [0.717, 1.165) is 10.4 Å². The standard InChI is InChI=1S/C23H28N2O6S/c1-6-29-21(28)18-15-12-22(2,3)25-23(4,5)19(15)32-20(18)24-16(26)13-31-17(27)10-9-14-8-7-11-30-14/h7-11,25H,6,12-13H2,1-5H3,(H,24,26)/b10-9+. The average molecular weight is 461 g/mol. The predicted molar refractivity (Wildman–Crippen MR) is 122 cm³/mol. The molecular weight excluding hydrogens is 432 g/mol. The molecule has 2 aromatic heterocycles. The minimum atomic E-state index is -0.681. The summed E-state index contributed by atoms with van der Waals surface area (Å²) < 4.78 is 15.4. The number of hydrogen-bond donors (Lipinski definition) is 2. The average Bonchev–Trinajstić information content (AvgIpc) is 3.31. The van der Waals surface area contributed by atoms with Crippen LogP contribution >= 0.6 is 11.3 Å². The number of nitrogens with one attached hydrogen (secondary N) is 2. The van der Waals surface area contributed by atoms with Crippen LogP contribution in [0.3, 0.4) is 0 Å². The van der Waals surface area contributed by atoms with Gasteiger partial charge < -0.3 is 24.5 Å². The molecule has 1 amide bonds. The number of furan rings is 1. The van der Waals surface area contributed by atoms with E-state index in [1.807, 2.05) is 13.8 Å². The first-order chi connectivity index (χ1) is 15.0. The second-order valence-corrected chi connectivity index (χ2v) is 9.67. The van der Waals surface area contributed by atoms with E-state index in [2.05, 4.69) is 24.5 Å². The molecular formula is C23H28N2O6S. The third-order valence-corrected chi connectivity index (χ3v) is 6.32. The molecule has 172 valence electrons. The first-order valence-electron chi connectivity index (χ1n) is 10.3. The van der Waals surface area contributed by atoms with Crippen LogP contribution in [0.1, 0.15) is 61.2 Å². The van der Waals surface area contributed by atoms with Crippen molar-refractivity contribution in [3.05, 3.63) is 46.2 Å². The highest BCUT2D eigenvalue weighted by Gasteiger charge is 2.42. The Morgan fingerprint density at radius 2 is 2.00 bits per heavy atom. The van der Waals surface area contributed by atoms with Gasteiger partial charge in [-0.1, -0.05) is 0 Å². The summed E-state index contributed by atoms with van der Waals surface area (Å²) in [6, 6.07) is 3.38. The number of hydrogen-bond acceptors (Lipinski definition) is 8. The Hall–Kier alpha value is -2.91. The molecule has 9 heteroatoms. The summed E-state index contributed by atoms with van der Waals surface area (Å²) in [5.74, 6) is -1.21. The number of amides is 1. The van der Waals surface area contributed by atoms with Crippen molar-refractivity contribution in [2.24, 2.45) is 0 Å². The number of anilines is 1.